The minimum Gasteiger partial charge on any atom is -0.478 e. The zero-order valence-corrected chi connectivity index (χ0v) is 15.3. The lowest BCUT2D eigenvalue weighted by Crippen LogP contribution is -2.34. The standard InChI is InChI=1S/C22H16F2N2O3/c1-26-19-12-13(20(27)28)10-11-18(19)25-21(26)22(29,14-6-2-4-8-16(14)23)15-7-3-5-9-17(15)24/h2-12,29H,1H3,(H,27,28). The van der Waals surface area contributed by atoms with Gasteiger partial charge in [0.1, 0.15) is 11.6 Å². The fourth-order valence-electron chi connectivity index (χ4n) is 3.54. The number of aryl methyl sites for hydroxylation is 1. The van der Waals surface area contributed by atoms with Crippen molar-refractivity contribution in [3.05, 3.63) is 101 Å². The molecule has 0 bridgehead atoms. The summed E-state index contributed by atoms with van der Waals surface area (Å²) in [5, 5.41) is 21.0. The van der Waals surface area contributed by atoms with E-state index in [1.54, 1.807) is 7.05 Å². The topological polar surface area (TPSA) is 75.3 Å². The molecule has 0 aliphatic rings. The van der Waals surface area contributed by atoms with Gasteiger partial charge in [0.05, 0.1) is 16.6 Å². The zero-order chi connectivity index (χ0) is 20.8. The predicted octanol–water partition coefficient (Wildman–Crippen LogP) is 3.83. The summed E-state index contributed by atoms with van der Waals surface area (Å²) in [6.07, 6.45) is 0. The van der Waals surface area contributed by atoms with Crippen molar-refractivity contribution in [1.29, 1.82) is 0 Å². The van der Waals surface area contributed by atoms with Crippen LogP contribution in [0.25, 0.3) is 11.0 Å². The second kappa shape index (κ2) is 6.79. The Morgan fingerprint density at radius 3 is 2.03 bits per heavy atom. The molecule has 0 spiro atoms. The number of carboxylic acids is 1. The summed E-state index contributed by atoms with van der Waals surface area (Å²) in [5.74, 6) is -2.61. The number of nitrogens with zero attached hydrogens (tertiary/aromatic N) is 2. The third-order valence-corrected chi connectivity index (χ3v) is 4.98. The molecular weight excluding hydrogens is 378 g/mol. The van der Waals surface area contributed by atoms with E-state index in [0.717, 1.165) is 0 Å². The monoisotopic (exact) mass is 394 g/mol. The number of aliphatic hydroxyl groups is 1. The third kappa shape index (κ3) is 2.87. The van der Waals surface area contributed by atoms with Gasteiger partial charge >= 0.3 is 5.97 Å². The molecule has 7 heteroatoms. The van der Waals surface area contributed by atoms with E-state index in [9.17, 15) is 23.8 Å². The van der Waals surface area contributed by atoms with E-state index >= 15 is 0 Å². The van der Waals surface area contributed by atoms with Gasteiger partial charge in [0.2, 0.25) is 0 Å². The first kappa shape index (κ1) is 18.8. The average Bonchev–Trinajstić information content (AvgIpc) is 3.04. The lowest BCUT2D eigenvalue weighted by atomic mass is 9.84. The van der Waals surface area contributed by atoms with Crippen molar-refractivity contribution in [3.63, 3.8) is 0 Å². The molecule has 0 amide bonds. The molecule has 0 radical (unpaired) electrons. The lowest BCUT2D eigenvalue weighted by molar-refractivity contribution is 0.0697. The molecule has 0 unspecified atom stereocenters. The maximum absolute atomic E-state index is 14.7. The number of carboxylic acid groups (broad SMARTS) is 1. The van der Waals surface area contributed by atoms with E-state index in [1.165, 1.54) is 71.3 Å². The highest BCUT2D eigenvalue weighted by atomic mass is 19.1. The molecule has 0 saturated heterocycles. The van der Waals surface area contributed by atoms with Crippen LogP contribution in [0.3, 0.4) is 0 Å². The molecule has 1 heterocycles. The lowest BCUT2D eigenvalue weighted by Gasteiger charge is -2.29. The van der Waals surface area contributed by atoms with Crippen LogP contribution in [0, 0.1) is 11.6 Å². The fraction of sp³-hybridized carbons (Fsp3) is 0.0909. The van der Waals surface area contributed by atoms with E-state index in [4.69, 9.17) is 0 Å². The molecule has 1 aromatic heterocycles. The number of aromatic nitrogens is 2. The van der Waals surface area contributed by atoms with Crippen molar-refractivity contribution in [1.82, 2.24) is 9.55 Å². The number of rotatable bonds is 4. The molecule has 0 aliphatic heterocycles. The van der Waals surface area contributed by atoms with Gasteiger partial charge in [0.15, 0.2) is 11.4 Å². The summed E-state index contributed by atoms with van der Waals surface area (Å²) in [4.78, 5) is 15.7. The summed E-state index contributed by atoms with van der Waals surface area (Å²) in [6, 6.07) is 15.4. The van der Waals surface area contributed by atoms with Crippen molar-refractivity contribution in [2.75, 3.05) is 0 Å². The highest BCUT2D eigenvalue weighted by Gasteiger charge is 2.42. The molecule has 5 nitrogen and oxygen atoms in total. The highest BCUT2D eigenvalue weighted by molar-refractivity contribution is 5.92. The van der Waals surface area contributed by atoms with Crippen LogP contribution in [0.4, 0.5) is 8.78 Å². The Balaban J connectivity index is 2.08. The highest BCUT2D eigenvalue weighted by Crippen LogP contribution is 2.39. The van der Waals surface area contributed by atoms with Crippen molar-refractivity contribution >= 4 is 17.0 Å². The smallest absolute Gasteiger partial charge is 0.335 e. The van der Waals surface area contributed by atoms with Crippen LogP contribution in [0.2, 0.25) is 0 Å². The Hall–Kier alpha value is -3.58. The van der Waals surface area contributed by atoms with E-state index in [2.05, 4.69) is 4.98 Å². The Bertz CT molecular complexity index is 1200. The summed E-state index contributed by atoms with van der Waals surface area (Å²) in [5.41, 5.74) is -1.74. The van der Waals surface area contributed by atoms with Gasteiger partial charge in [-0.05, 0) is 30.3 Å². The Morgan fingerprint density at radius 1 is 0.966 bits per heavy atom. The zero-order valence-electron chi connectivity index (χ0n) is 15.3. The van der Waals surface area contributed by atoms with Crippen LogP contribution in [-0.2, 0) is 12.6 Å². The van der Waals surface area contributed by atoms with E-state index in [1.807, 2.05) is 0 Å². The number of fused-ring (bicyclic) bond motifs is 1. The second-order valence-corrected chi connectivity index (χ2v) is 6.67. The minimum absolute atomic E-state index is 0.0346. The van der Waals surface area contributed by atoms with Crippen LogP contribution in [0.5, 0.6) is 0 Å². The maximum atomic E-state index is 14.7. The van der Waals surface area contributed by atoms with Gasteiger partial charge in [-0.1, -0.05) is 36.4 Å². The first-order chi connectivity index (χ1) is 13.8. The Morgan fingerprint density at radius 2 is 1.52 bits per heavy atom. The molecular formula is C22H16F2N2O3. The van der Waals surface area contributed by atoms with Crippen LogP contribution >= 0.6 is 0 Å². The quantitative estimate of drug-likeness (QED) is 0.552. The Labute approximate surface area is 164 Å². The van der Waals surface area contributed by atoms with E-state index in [0.29, 0.717) is 11.0 Å². The van der Waals surface area contributed by atoms with Gasteiger partial charge < -0.3 is 14.8 Å². The molecule has 4 aromatic rings. The molecule has 2 N–H and O–H groups in total. The fourth-order valence-corrected chi connectivity index (χ4v) is 3.54. The number of halogens is 2. The number of imidazole rings is 1. The normalized spacial score (nSPS) is 11.7. The summed E-state index contributed by atoms with van der Waals surface area (Å²) in [6.45, 7) is 0. The van der Waals surface area contributed by atoms with Gasteiger partial charge in [-0.3, -0.25) is 0 Å². The molecule has 29 heavy (non-hydrogen) atoms. The molecule has 0 atom stereocenters. The van der Waals surface area contributed by atoms with Gasteiger partial charge in [-0.15, -0.1) is 0 Å². The molecule has 0 fully saturated rings. The number of aromatic carboxylic acids is 1. The molecule has 0 saturated carbocycles. The van der Waals surface area contributed by atoms with Crippen molar-refractivity contribution in [2.45, 2.75) is 5.60 Å². The number of benzene rings is 3. The van der Waals surface area contributed by atoms with Gasteiger partial charge in [0, 0.05) is 18.2 Å². The molecule has 0 aliphatic carbocycles. The van der Waals surface area contributed by atoms with Gasteiger partial charge in [0.25, 0.3) is 0 Å². The van der Waals surface area contributed by atoms with E-state index in [-0.39, 0.29) is 22.5 Å². The first-order valence-electron chi connectivity index (χ1n) is 8.76. The van der Waals surface area contributed by atoms with Crippen LogP contribution < -0.4 is 0 Å². The summed E-state index contributed by atoms with van der Waals surface area (Å²) in [7, 11) is 1.56. The molecule has 4 rings (SSSR count). The van der Waals surface area contributed by atoms with Crippen molar-refractivity contribution in [3.8, 4) is 0 Å². The van der Waals surface area contributed by atoms with Crippen LogP contribution in [0.1, 0.15) is 27.3 Å². The maximum Gasteiger partial charge on any atom is 0.335 e. The van der Waals surface area contributed by atoms with Gasteiger partial charge in [-0.25, -0.2) is 18.6 Å². The first-order valence-corrected chi connectivity index (χ1v) is 8.76. The largest absolute Gasteiger partial charge is 0.478 e. The summed E-state index contributed by atoms with van der Waals surface area (Å²) >= 11 is 0. The predicted molar refractivity (Wildman–Crippen MR) is 103 cm³/mol. The summed E-state index contributed by atoms with van der Waals surface area (Å²) < 4.78 is 30.9. The Kier molecular flexibility index (Phi) is 4.39. The number of hydrogen-bond donors (Lipinski definition) is 2. The van der Waals surface area contributed by atoms with Crippen molar-refractivity contribution < 1.29 is 23.8 Å². The minimum atomic E-state index is -2.24. The third-order valence-electron chi connectivity index (χ3n) is 4.98. The van der Waals surface area contributed by atoms with Crippen LogP contribution in [0.15, 0.2) is 66.7 Å². The average molecular weight is 394 g/mol. The number of hydrogen-bond acceptors (Lipinski definition) is 3. The number of carbonyl (C=O) groups is 1. The molecule has 146 valence electrons. The van der Waals surface area contributed by atoms with Gasteiger partial charge in [-0.2, -0.15) is 0 Å². The SMILES string of the molecule is Cn1c(C(O)(c2ccccc2F)c2ccccc2F)nc2ccc(C(=O)O)cc21. The second-order valence-electron chi connectivity index (χ2n) is 6.67. The van der Waals surface area contributed by atoms with Crippen LogP contribution in [-0.4, -0.2) is 25.7 Å². The van der Waals surface area contributed by atoms with Crippen molar-refractivity contribution in [2.24, 2.45) is 7.05 Å². The molecule has 3 aromatic carbocycles. The van der Waals surface area contributed by atoms with E-state index < -0.39 is 23.2 Å².